The molecule has 1 heterocycles. The molecule has 0 aliphatic heterocycles. The normalized spacial score (nSPS) is 10.5. The van der Waals surface area contributed by atoms with Crippen molar-refractivity contribution in [1.82, 2.24) is 9.97 Å². The molecule has 0 aliphatic rings. The summed E-state index contributed by atoms with van der Waals surface area (Å²) in [4.78, 5) is 29.7. The van der Waals surface area contributed by atoms with Crippen LogP contribution in [0.2, 0.25) is 0 Å². The van der Waals surface area contributed by atoms with Gasteiger partial charge in [0.05, 0.1) is 41.8 Å². The fraction of sp³-hybridized carbons (Fsp3) is 0.176. The predicted octanol–water partition coefficient (Wildman–Crippen LogP) is 2.70. The van der Waals surface area contributed by atoms with Crippen LogP contribution in [0, 0.1) is 10.1 Å². The Hall–Kier alpha value is -3.62. The Morgan fingerprint density at radius 1 is 1.23 bits per heavy atom. The van der Waals surface area contributed by atoms with Gasteiger partial charge in [0, 0.05) is 6.07 Å². The minimum Gasteiger partial charge on any atom is -0.493 e. The number of fused-ring (bicyclic) bond motifs is 1. The first-order valence-electron chi connectivity index (χ1n) is 7.54. The highest BCUT2D eigenvalue weighted by atomic mass is 16.6. The summed E-state index contributed by atoms with van der Waals surface area (Å²) in [6.07, 6.45) is 0. The van der Waals surface area contributed by atoms with Crippen molar-refractivity contribution in [3.05, 3.63) is 46.5 Å². The first-order chi connectivity index (χ1) is 12.5. The maximum Gasteiger partial charge on any atom is 0.343 e. The van der Waals surface area contributed by atoms with Crippen LogP contribution in [0.5, 0.6) is 11.5 Å². The van der Waals surface area contributed by atoms with Crippen molar-refractivity contribution in [2.45, 2.75) is 0 Å². The molecular weight excluding hydrogens is 342 g/mol. The fourth-order valence-corrected chi connectivity index (χ4v) is 2.44. The number of nitro groups is 1. The zero-order chi connectivity index (χ0) is 18.7. The fourth-order valence-electron chi connectivity index (χ4n) is 2.44. The van der Waals surface area contributed by atoms with Gasteiger partial charge in [-0.3, -0.25) is 10.1 Å². The molecule has 0 spiro atoms. The second-order valence-corrected chi connectivity index (χ2v) is 5.24. The highest BCUT2D eigenvalue weighted by molar-refractivity contribution is 5.82. The number of nitro benzene ring substituents is 1. The number of imidazole rings is 1. The number of rotatable bonds is 6. The second kappa shape index (κ2) is 7.09. The van der Waals surface area contributed by atoms with E-state index in [1.54, 1.807) is 6.07 Å². The average Bonchev–Trinajstić information content (AvgIpc) is 3.09. The van der Waals surface area contributed by atoms with Crippen LogP contribution in [0.4, 0.5) is 5.69 Å². The van der Waals surface area contributed by atoms with Gasteiger partial charge in [0.25, 0.3) is 5.69 Å². The smallest absolute Gasteiger partial charge is 0.343 e. The van der Waals surface area contributed by atoms with Crippen LogP contribution in [-0.4, -0.2) is 41.7 Å². The topological polar surface area (TPSA) is 117 Å². The van der Waals surface area contributed by atoms with Crippen LogP contribution >= 0.6 is 0 Å². The number of aromatic amines is 1. The molecule has 2 aromatic carbocycles. The molecule has 3 aromatic rings. The number of para-hydroxylation sites is 2. The molecule has 0 amide bonds. The molecule has 3 rings (SSSR count). The molecule has 1 aromatic heterocycles. The Morgan fingerprint density at radius 2 is 2.00 bits per heavy atom. The zero-order valence-electron chi connectivity index (χ0n) is 14.0. The van der Waals surface area contributed by atoms with E-state index in [1.807, 2.05) is 18.2 Å². The van der Waals surface area contributed by atoms with Gasteiger partial charge >= 0.3 is 5.97 Å². The summed E-state index contributed by atoms with van der Waals surface area (Å²) in [6, 6.07) is 9.93. The molecule has 0 unspecified atom stereocenters. The van der Waals surface area contributed by atoms with Gasteiger partial charge in [0.15, 0.2) is 18.1 Å². The van der Waals surface area contributed by atoms with E-state index < -0.39 is 17.5 Å². The third-order valence-electron chi connectivity index (χ3n) is 3.70. The van der Waals surface area contributed by atoms with Crippen molar-refractivity contribution in [2.75, 3.05) is 20.8 Å². The minimum atomic E-state index is -0.615. The molecule has 0 saturated carbocycles. The lowest BCUT2D eigenvalue weighted by molar-refractivity contribution is -0.384. The molecular formula is C17H15N3O6. The van der Waals surface area contributed by atoms with Gasteiger partial charge in [-0.2, -0.15) is 0 Å². The molecule has 0 radical (unpaired) electrons. The number of H-pyrrole nitrogens is 1. The molecule has 0 saturated heterocycles. The van der Waals surface area contributed by atoms with E-state index in [1.165, 1.54) is 26.4 Å². The number of aromatic nitrogens is 2. The molecule has 1 N–H and O–H groups in total. The summed E-state index contributed by atoms with van der Waals surface area (Å²) >= 11 is 0. The van der Waals surface area contributed by atoms with E-state index in [0.717, 1.165) is 5.52 Å². The van der Waals surface area contributed by atoms with Crippen molar-refractivity contribution in [3.8, 4) is 22.9 Å². The summed E-state index contributed by atoms with van der Waals surface area (Å²) in [6.45, 7) is -0.395. The minimum absolute atomic E-state index is 0.0597. The predicted molar refractivity (Wildman–Crippen MR) is 92.2 cm³/mol. The highest BCUT2D eigenvalue weighted by Crippen LogP contribution is 2.39. The van der Waals surface area contributed by atoms with Gasteiger partial charge in [0.1, 0.15) is 5.82 Å². The van der Waals surface area contributed by atoms with E-state index in [2.05, 4.69) is 14.7 Å². The molecule has 134 valence electrons. The average molecular weight is 357 g/mol. The van der Waals surface area contributed by atoms with Crippen molar-refractivity contribution in [2.24, 2.45) is 0 Å². The van der Waals surface area contributed by atoms with Crippen LogP contribution in [0.15, 0.2) is 36.4 Å². The number of carbonyl (C=O) groups is 1. The lowest BCUT2D eigenvalue weighted by atomic mass is 10.1. The number of methoxy groups -OCH3 is 2. The Kier molecular flexibility index (Phi) is 4.70. The third-order valence-corrected chi connectivity index (χ3v) is 3.70. The van der Waals surface area contributed by atoms with Crippen molar-refractivity contribution < 1.29 is 23.9 Å². The lowest BCUT2D eigenvalue weighted by Gasteiger charge is -2.11. The van der Waals surface area contributed by atoms with Crippen LogP contribution in [0.1, 0.15) is 0 Å². The Bertz CT molecular complexity index is 949. The van der Waals surface area contributed by atoms with E-state index in [-0.39, 0.29) is 22.7 Å². The second-order valence-electron chi connectivity index (χ2n) is 5.24. The molecule has 0 fully saturated rings. The van der Waals surface area contributed by atoms with E-state index in [0.29, 0.717) is 11.3 Å². The highest BCUT2D eigenvalue weighted by Gasteiger charge is 2.23. The lowest BCUT2D eigenvalue weighted by Crippen LogP contribution is -2.13. The Labute approximate surface area is 147 Å². The number of hydrogen-bond donors (Lipinski definition) is 1. The maximum absolute atomic E-state index is 11.5. The first-order valence-corrected chi connectivity index (χ1v) is 7.54. The van der Waals surface area contributed by atoms with Crippen LogP contribution < -0.4 is 9.47 Å². The van der Waals surface area contributed by atoms with Gasteiger partial charge in [-0.05, 0) is 12.1 Å². The monoisotopic (exact) mass is 357 g/mol. The number of carbonyl (C=O) groups excluding carboxylic acids is 1. The number of hydrogen-bond acceptors (Lipinski definition) is 7. The third kappa shape index (κ3) is 3.27. The van der Waals surface area contributed by atoms with Gasteiger partial charge in [-0.1, -0.05) is 12.1 Å². The van der Waals surface area contributed by atoms with Gasteiger partial charge < -0.3 is 19.2 Å². The van der Waals surface area contributed by atoms with Crippen LogP contribution in [0.3, 0.4) is 0 Å². The first kappa shape index (κ1) is 17.2. The van der Waals surface area contributed by atoms with E-state index in [4.69, 9.17) is 9.47 Å². The maximum atomic E-state index is 11.5. The molecule has 0 atom stereocenters. The summed E-state index contributed by atoms with van der Waals surface area (Å²) in [5.41, 5.74) is 1.45. The Balaban J connectivity index is 2.09. The number of esters is 1. The molecule has 26 heavy (non-hydrogen) atoms. The molecule has 9 nitrogen and oxygen atoms in total. The van der Waals surface area contributed by atoms with Gasteiger partial charge in [-0.15, -0.1) is 0 Å². The van der Waals surface area contributed by atoms with E-state index in [9.17, 15) is 14.9 Å². The van der Waals surface area contributed by atoms with Crippen LogP contribution in [0.25, 0.3) is 22.4 Å². The van der Waals surface area contributed by atoms with Crippen molar-refractivity contribution in [1.29, 1.82) is 0 Å². The summed E-state index contributed by atoms with van der Waals surface area (Å²) in [7, 11) is 2.62. The summed E-state index contributed by atoms with van der Waals surface area (Å²) < 4.78 is 15.0. The molecule has 0 aliphatic carbocycles. The van der Waals surface area contributed by atoms with E-state index >= 15 is 0 Å². The van der Waals surface area contributed by atoms with Gasteiger partial charge in [-0.25, -0.2) is 9.78 Å². The van der Waals surface area contributed by atoms with Crippen molar-refractivity contribution in [3.63, 3.8) is 0 Å². The van der Waals surface area contributed by atoms with Crippen molar-refractivity contribution >= 4 is 22.7 Å². The van der Waals surface area contributed by atoms with Gasteiger partial charge in [0.2, 0.25) is 0 Å². The summed E-state index contributed by atoms with van der Waals surface area (Å²) in [5.74, 6) is 0.00575. The molecule has 9 heteroatoms. The zero-order valence-corrected chi connectivity index (χ0v) is 14.0. The van der Waals surface area contributed by atoms with Crippen LogP contribution in [-0.2, 0) is 9.53 Å². The number of nitrogens with zero attached hydrogens (tertiary/aromatic N) is 2. The summed E-state index contributed by atoms with van der Waals surface area (Å²) in [5, 5.41) is 11.5. The number of nitrogens with one attached hydrogen (secondary N) is 1. The Morgan fingerprint density at radius 3 is 2.65 bits per heavy atom. The molecule has 0 bridgehead atoms. The number of ether oxygens (including phenoxy) is 3. The SMILES string of the molecule is COC(=O)COc1cc([N+](=O)[O-])c(-c2nc3ccccc3[nH]2)cc1OC. The number of benzene rings is 2. The largest absolute Gasteiger partial charge is 0.493 e. The standard InChI is InChI=1S/C17H15N3O6/c1-24-14-7-10(17-18-11-5-3-4-6-12(11)19-17)13(20(22)23)8-15(14)26-9-16(21)25-2/h3-8H,9H2,1-2H3,(H,18,19). The quantitative estimate of drug-likeness (QED) is 0.409.